The molecular weight excluding hydrogens is 793 g/mol. The average Bonchev–Trinajstić information content (AvgIpc) is 3.27. The Bertz CT molecular complexity index is 1010. The van der Waals surface area contributed by atoms with E-state index in [1.165, 1.54) is 125 Å². The number of hydrogen-bond donors (Lipinski definition) is 0. The molecular formula is C57H106F4O2. The van der Waals surface area contributed by atoms with Gasteiger partial charge in [0.1, 0.15) is 5.75 Å². The van der Waals surface area contributed by atoms with Crippen molar-refractivity contribution < 1.29 is 27.0 Å². The first-order chi connectivity index (χ1) is 30.3. The molecule has 0 fully saturated rings. The molecule has 0 spiro atoms. The lowest BCUT2D eigenvalue weighted by Gasteiger charge is -2.05. The van der Waals surface area contributed by atoms with Crippen molar-refractivity contribution in [2.45, 2.75) is 224 Å². The SMILES string of the molecule is C=CCCC(C)(F)F.C=CCCCC.CC=CCCC.CCCCCCC.CCCCCCF.CCCCOCC.CCCc1cccc(C)c1.CCOc1cccc(C)c1.CF. The summed E-state index contributed by atoms with van der Waals surface area (Å²) >= 11 is 0. The summed E-state index contributed by atoms with van der Waals surface area (Å²) in [4.78, 5) is 0. The fraction of sp³-hybridized carbons (Fsp3) is 0.684. The number of benzene rings is 2. The fourth-order valence-corrected chi connectivity index (χ4v) is 4.65. The van der Waals surface area contributed by atoms with Gasteiger partial charge in [0.25, 0.3) is 0 Å². The Labute approximate surface area is 392 Å². The zero-order valence-corrected chi connectivity index (χ0v) is 44.1. The minimum atomic E-state index is -2.52. The van der Waals surface area contributed by atoms with Crippen LogP contribution in [0.3, 0.4) is 0 Å². The molecule has 63 heavy (non-hydrogen) atoms. The maximum Gasteiger partial charge on any atom is 0.245 e. The quantitative estimate of drug-likeness (QED) is 0.0594. The van der Waals surface area contributed by atoms with Crippen LogP contribution >= 0.6 is 0 Å². The van der Waals surface area contributed by atoms with Gasteiger partial charge in [-0.1, -0.05) is 198 Å². The van der Waals surface area contributed by atoms with Gasteiger partial charge in [-0.15, -0.1) is 13.2 Å². The molecule has 374 valence electrons. The molecule has 0 aliphatic carbocycles. The van der Waals surface area contributed by atoms with Gasteiger partial charge in [0.15, 0.2) is 0 Å². The number of rotatable bonds is 24. The van der Waals surface area contributed by atoms with E-state index in [-0.39, 0.29) is 13.1 Å². The van der Waals surface area contributed by atoms with Gasteiger partial charge in [-0.05, 0) is 103 Å². The number of alkyl halides is 4. The Morgan fingerprint density at radius 1 is 0.587 bits per heavy atom. The smallest absolute Gasteiger partial charge is 0.245 e. The molecule has 2 rings (SSSR count). The predicted octanol–water partition coefficient (Wildman–Crippen LogP) is 20.6. The van der Waals surface area contributed by atoms with Gasteiger partial charge in [-0.3, -0.25) is 8.78 Å². The third-order valence-corrected chi connectivity index (χ3v) is 8.20. The van der Waals surface area contributed by atoms with Crippen LogP contribution in [0.15, 0.2) is 86.0 Å². The van der Waals surface area contributed by atoms with Crippen LogP contribution in [0.5, 0.6) is 5.75 Å². The van der Waals surface area contributed by atoms with Gasteiger partial charge in [0.05, 0.1) is 20.5 Å². The highest BCUT2D eigenvalue weighted by molar-refractivity contribution is 5.27. The second-order valence-corrected chi connectivity index (χ2v) is 15.0. The van der Waals surface area contributed by atoms with Gasteiger partial charge in [-0.25, -0.2) is 8.78 Å². The predicted molar refractivity (Wildman–Crippen MR) is 280 cm³/mol. The summed E-state index contributed by atoms with van der Waals surface area (Å²) in [6.45, 7) is 35.9. The summed E-state index contributed by atoms with van der Waals surface area (Å²) in [6, 6.07) is 16.8. The molecule has 0 aliphatic heterocycles. The van der Waals surface area contributed by atoms with Gasteiger partial charge >= 0.3 is 0 Å². The summed E-state index contributed by atoms with van der Waals surface area (Å²) in [7, 11) is 0.500. The average molecular weight is 899 g/mol. The molecule has 0 bridgehead atoms. The first kappa shape index (κ1) is 74.5. The number of aryl methyl sites for hydroxylation is 3. The topological polar surface area (TPSA) is 18.5 Å². The molecule has 0 aromatic heterocycles. The molecule has 6 heteroatoms. The summed E-state index contributed by atoms with van der Waals surface area (Å²) in [6.07, 6.45) is 30.4. The first-order valence-corrected chi connectivity index (χ1v) is 24.8. The monoisotopic (exact) mass is 899 g/mol. The van der Waals surface area contributed by atoms with Crippen LogP contribution in [-0.4, -0.2) is 39.6 Å². The molecule has 0 aliphatic rings. The molecule has 0 saturated carbocycles. The van der Waals surface area contributed by atoms with Crippen molar-refractivity contribution in [1.29, 1.82) is 0 Å². The van der Waals surface area contributed by atoms with Crippen molar-refractivity contribution in [2.75, 3.05) is 33.7 Å². The van der Waals surface area contributed by atoms with E-state index < -0.39 is 5.92 Å². The van der Waals surface area contributed by atoms with E-state index in [0.717, 1.165) is 45.3 Å². The van der Waals surface area contributed by atoms with Crippen molar-refractivity contribution in [2.24, 2.45) is 0 Å². The van der Waals surface area contributed by atoms with Crippen molar-refractivity contribution in [3.05, 3.63) is 103 Å². The van der Waals surface area contributed by atoms with Crippen molar-refractivity contribution in [3.8, 4) is 5.75 Å². The lowest BCUT2D eigenvalue weighted by Crippen LogP contribution is -2.07. The Morgan fingerprint density at radius 2 is 1.10 bits per heavy atom. The lowest BCUT2D eigenvalue weighted by molar-refractivity contribution is 0.0140. The molecule has 0 amide bonds. The minimum Gasteiger partial charge on any atom is -0.494 e. The van der Waals surface area contributed by atoms with E-state index in [2.05, 4.69) is 125 Å². The first-order valence-electron chi connectivity index (χ1n) is 24.8. The number of halogens is 4. The second-order valence-electron chi connectivity index (χ2n) is 15.0. The summed E-state index contributed by atoms with van der Waals surface area (Å²) in [5.41, 5.74) is 4.07. The largest absolute Gasteiger partial charge is 0.494 e. The Kier molecular flexibility index (Phi) is 83.7. The molecule has 0 unspecified atom stereocenters. The molecule has 0 radical (unpaired) electrons. The molecule has 0 saturated heterocycles. The van der Waals surface area contributed by atoms with E-state index in [0.29, 0.717) is 13.6 Å². The van der Waals surface area contributed by atoms with Gasteiger partial charge < -0.3 is 9.47 Å². The van der Waals surface area contributed by atoms with Gasteiger partial charge in [0, 0.05) is 19.6 Å². The highest BCUT2D eigenvalue weighted by Crippen LogP contribution is 2.18. The molecule has 2 nitrogen and oxygen atoms in total. The lowest BCUT2D eigenvalue weighted by atomic mass is 10.1. The van der Waals surface area contributed by atoms with Gasteiger partial charge in [-0.2, -0.15) is 0 Å². The van der Waals surface area contributed by atoms with E-state index >= 15 is 0 Å². The molecule has 2 aromatic rings. The van der Waals surface area contributed by atoms with Crippen LogP contribution < -0.4 is 4.74 Å². The molecule has 2 aromatic carbocycles. The summed E-state index contributed by atoms with van der Waals surface area (Å²) < 4.78 is 54.9. The van der Waals surface area contributed by atoms with E-state index in [1.54, 1.807) is 0 Å². The van der Waals surface area contributed by atoms with Crippen LogP contribution in [0, 0.1) is 13.8 Å². The second kappa shape index (κ2) is 70.8. The number of hydrogen-bond acceptors (Lipinski definition) is 2. The van der Waals surface area contributed by atoms with Crippen molar-refractivity contribution in [1.82, 2.24) is 0 Å². The standard InChI is InChI=1S/C10H14.C9H12O.C7H16.C6H10F2.C6H13F.C6H14O.2C6H12.CH3F/c1-3-5-10-7-4-6-9(2)8-10;1-3-10-9-6-4-5-8(2)7-9;1-3-5-7-6-4-2;1-3-4-5-6(2,7)8;1-2-3-4-5-6-7;1-3-5-6-7-4-2;2*1-3-5-6-4-2;1-2/h4,6-8H,3,5H2,1-2H3;4-7H,3H2,1-2H3;3-7H2,1-2H3;3H,1,4-5H2,2H3;2-6H2,1H3;3-6H2,1-2H3;3,5H,4,6H2,1-2H3;3H,1,4-6H2,2H3;1H3. The zero-order valence-electron chi connectivity index (χ0n) is 44.1. The zero-order chi connectivity index (χ0) is 49.7. The normalized spacial score (nSPS) is 9.49. The van der Waals surface area contributed by atoms with Crippen molar-refractivity contribution >= 4 is 0 Å². The van der Waals surface area contributed by atoms with Crippen molar-refractivity contribution in [3.63, 3.8) is 0 Å². The maximum atomic E-state index is 11.9. The number of allylic oxidation sites excluding steroid dienone is 4. The Morgan fingerprint density at radius 3 is 1.43 bits per heavy atom. The number of unbranched alkanes of at least 4 members (excludes halogenated alkanes) is 11. The maximum absolute atomic E-state index is 11.9. The molecule has 0 N–H and O–H groups in total. The summed E-state index contributed by atoms with van der Waals surface area (Å²) in [5, 5.41) is 0. The third kappa shape index (κ3) is 90.7. The molecule has 0 atom stereocenters. The van der Waals surface area contributed by atoms with Gasteiger partial charge in [0.2, 0.25) is 5.92 Å². The highest BCUT2D eigenvalue weighted by Gasteiger charge is 2.18. The Balaban J connectivity index is -0.000000114. The van der Waals surface area contributed by atoms with E-state index in [4.69, 9.17) is 9.47 Å². The van der Waals surface area contributed by atoms with E-state index in [1.807, 2.05) is 38.1 Å². The number of ether oxygens (including phenoxy) is 2. The summed E-state index contributed by atoms with van der Waals surface area (Å²) in [5.74, 6) is -1.56. The van der Waals surface area contributed by atoms with Crippen LogP contribution in [0.4, 0.5) is 17.6 Å². The Hall–Kier alpha value is -2.86. The highest BCUT2D eigenvalue weighted by atomic mass is 19.3. The minimum absolute atomic E-state index is 0.0868. The fourth-order valence-electron chi connectivity index (χ4n) is 4.65. The van der Waals surface area contributed by atoms with E-state index in [9.17, 15) is 17.6 Å². The third-order valence-electron chi connectivity index (χ3n) is 8.20. The molecule has 0 heterocycles. The van der Waals surface area contributed by atoms with Crippen LogP contribution in [0.2, 0.25) is 0 Å². The van der Waals surface area contributed by atoms with Crippen LogP contribution in [0.1, 0.15) is 215 Å². The van der Waals surface area contributed by atoms with Crippen LogP contribution in [0.25, 0.3) is 0 Å². The van der Waals surface area contributed by atoms with Crippen LogP contribution in [-0.2, 0) is 11.2 Å².